The van der Waals surface area contributed by atoms with Gasteiger partial charge in [-0.3, -0.25) is 4.79 Å². The number of rotatable bonds is 1. The summed E-state index contributed by atoms with van der Waals surface area (Å²) in [6.45, 7) is 2.16. The molecule has 0 aromatic carbocycles. The van der Waals surface area contributed by atoms with Crippen LogP contribution in [-0.4, -0.2) is 23.9 Å². The lowest BCUT2D eigenvalue weighted by atomic mass is 9.86. The number of hydrogen-bond acceptors (Lipinski definition) is 1. The highest BCUT2D eigenvalue weighted by Gasteiger charge is 2.75. The third kappa shape index (κ3) is 1.03. The van der Waals surface area contributed by atoms with Gasteiger partial charge in [0.05, 0.1) is 5.41 Å². The number of likely N-dealkylation sites (tertiary alicyclic amines) is 1. The Labute approximate surface area is 91.0 Å². The summed E-state index contributed by atoms with van der Waals surface area (Å²) in [4.78, 5) is 14.4. The molecule has 3 saturated carbocycles. The molecular formula is C13H19NO. The van der Waals surface area contributed by atoms with Gasteiger partial charge in [0.2, 0.25) is 5.91 Å². The van der Waals surface area contributed by atoms with E-state index in [2.05, 4.69) is 4.90 Å². The Balaban J connectivity index is 1.49. The Kier molecular flexibility index (Phi) is 1.38. The van der Waals surface area contributed by atoms with Gasteiger partial charge in [-0.05, 0) is 43.4 Å². The second-order valence-corrected chi connectivity index (χ2v) is 6.45. The van der Waals surface area contributed by atoms with E-state index in [0.717, 1.165) is 19.0 Å². The number of nitrogens with zero attached hydrogens (tertiary/aromatic N) is 1. The minimum atomic E-state index is 0.212. The standard InChI is InChI=1S/C13H19NO/c15-11(13-7-10(13)8-13)14-6-5-12(9-14)3-1-2-4-12/h10H,1-9H2. The summed E-state index contributed by atoms with van der Waals surface area (Å²) >= 11 is 0. The van der Waals surface area contributed by atoms with Crippen LogP contribution in [0.25, 0.3) is 0 Å². The predicted molar refractivity (Wildman–Crippen MR) is 57.3 cm³/mol. The van der Waals surface area contributed by atoms with Crippen molar-refractivity contribution >= 4 is 5.91 Å². The van der Waals surface area contributed by atoms with Crippen LogP contribution in [0.1, 0.15) is 44.9 Å². The molecule has 1 spiro atoms. The molecule has 15 heavy (non-hydrogen) atoms. The van der Waals surface area contributed by atoms with Crippen LogP contribution < -0.4 is 0 Å². The van der Waals surface area contributed by atoms with Crippen LogP contribution in [0.15, 0.2) is 0 Å². The van der Waals surface area contributed by atoms with E-state index in [1.807, 2.05) is 0 Å². The Bertz CT molecular complexity index is 323. The Morgan fingerprint density at radius 2 is 1.80 bits per heavy atom. The third-order valence-corrected chi connectivity index (χ3v) is 5.50. The van der Waals surface area contributed by atoms with E-state index in [1.165, 1.54) is 44.9 Å². The molecular weight excluding hydrogens is 186 g/mol. The zero-order valence-electron chi connectivity index (χ0n) is 9.30. The van der Waals surface area contributed by atoms with Gasteiger partial charge in [-0.2, -0.15) is 0 Å². The smallest absolute Gasteiger partial charge is 0.229 e. The third-order valence-electron chi connectivity index (χ3n) is 5.50. The van der Waals surface area contributed by atoms with Crippen molar-refractivity contribution in [1.29, 1.82) is 0 Å². The summed E-state index contributed by atoms with van der Waals surface area (Å²) < 4.78 is 0. The van der Waals surface area contributed by atoms with E-state index in [-0.39, 0.29) is 5.41 Å². The molecule has 2 nitrogen and oxygen atoms in total. The molecule has 0 radical (unpaired) electrons. The normalized spacial score (nSPS) is 44.5. The van der Waals surface area contributed by atoms with E-state index >= 15 is 0 Å². The molecule has 4 aliphatic rings. The monoisotopic (exact) mass is 205 g/mol. The van der Waals surface area contributed by atoms with Gasteiger partial charge in [-0.15, -0.1) is 0 Å². The summed E-state index contributed by atoms with van der Waals surface area (Å²) in [7, 11) is 0. The van der Waals surface area contributed by atoms with Crippen LogP contribution >= 0.6 is 0 Å². The molecule has 1 aliphatic heterocycles. The molecule has 0 unspecified atom stereocenters. The first-order valence-corrected chi connectivity index (χ1v) is 6.54. The molecule has 0 bridgehead atoms. The first-order chi connectivity index (χ1) is 7.24. The average Bonchev–Trinajstić information content (AvgIpc) is 2.95. The van der Waals surface area contributed by atoms with Gasteiger partial charge < -0.3 is 4.90 Å². The summed E-state index contributed by atoms with van der Waals surface area (Å²) in [5.41, 5.74) is 0.774. The van der Waals surface area contributed by atoms with Crippen molar-refractivity contribution in [3.8, 4) is 0 Å². The van der Waals surface area contributed by atoms with Crippen molar-refractivity contribution in [2.45, 2.75) is 44.9 Å². The van der Waals surface area contributed by atoms with Crippen molar-refractivity contribution in [3.05, 3.63) is 0 Å². The quantitative estimate of drug-likeness (QED) is 0.642. The fourth-order valence-electron chi connectivity index (χ4n) is 4.01. The van der Waals surface area contributed by atoms with Gasteiger partial charge in [0.15, 0.2) is 0 Å². The molecule has 0 aromatic rings. The lowest BCUT2D eigenvalue weighted by molar-refractivity contribution is -0.134. The lowest BCUT2D eigenvalue weighted by Crippen LogP contribution is -2.34. The van der Waals surface area contributed by atoms with Crippen molar-refractivity contribution in [1.82, 2.24) is 4.90 Å². The van der Waals surface area contributed by atoms with E-state index in [9.17, 15) is 4.79 Å². The Hall–Kier alpha value is -0.530. The predicted octanol–water partition coefficient (Wildman–Crippen LogP) is 2.19. The van der Waals surface area contributed by atoms with Crippen LogP contribution in [0.2, 0.25) is 0 Å². The van der Waals surface area contributed by atoms with Crippen LogP contribution in [0.4, 0.5) is 0 Å². The summed E-state index contributed by atoms with van der Waals surface area (Å²) in [6.07, 6.45) is 9.29. The second kappa shape index (κ2) is 2.41. The van der Waals surface area contributed by atoms with Gasteiger partial charge in [0.25, 0.3) is 0 Å². The minimum absolute atomic E-state index is 0.212. The van der Waals surface area contributed by atoms with Gasteiger partial charge in [0.1, 0.15) is 0 Å². The highest BCUT2D eigenvalue weighted by Crippen LogP contribution is 2.76. The Morgan fingerprint density at radius 3 is 2.40 bits per heavy atom. The molecule has 4 rings (SSSR count). The molecule has 1 heterocycles. The molecule has 82 valence electrons. The highest BCUT2D eigenvalue weighted by molar-refractivity contribution is 5.90. The Morgan fingerprint density at radius 1 is 1.13 bits per heavy atom. The fraction of sp³-hybridized carbons (Fsp3) is 0.923. The van der Waals surface area contributed by atoms with Crippen molar-refractivity contribution in [2.24, 2.45) is 16.7 Å². The van der Waals surface area contributed by atoms with E-state index in [0.29, 0.717) is 11.3 Å². The SMILES string of the molecule is O=C(N1CCC2(CCCC2)C1)C12CC1C2. The molecule has 1 saturated heterocycles. The number of hydrogen-bond donors (Lipinski definition) is 0. The minimum Gasteiger partial charge on any atom is -0.342 e. The number of amides is 1. The van der Waals surface area contributed by atoms with Gasteiger partial charge in [-0.1, -0.05) is 12.8 Å². The van der Waals surface area contributed by atoms with Crippen LogP contribution in [0.5, 0.6) is 0 Å². The zero-order chi connectivity index (χ0) is 10.1. The first kappa shape index (κ1) is 8.60. The zero-order valence-corrected chi connectivity index (χ0v) is 9.30. The largest absolute Gasteiger partial charge is 0.342 e. The second-order valence-electron chi connectivity index (χ2n) is 6.45. The van der Waals surface area contributed by atoms with Gasteiger partial charge in [-0.25, -0.2) is 0 Å². The van der Waals surface area contributed by atoms with Crippen LogP contribution in [0.3, 0.4) is 0 Å². The number of carbonyl (C=O) groups excluding carboxylic acids is 1. The summed E-state index contributed by atoms with van der Waals surface area (Å²) in [5.74, 6) is 1.33. The lowest BCUT2D eigenvalue weighted by Gasteiger charge is -2.24. The van der Waals surface area contributed by atoms with Crippen molar-refractivity contribution in [2.75, 3.05) is 13.1 Å². The average molecular weight is 205 g/mol. The van der Waals surface area contributed by atoms with Gasteiger partial charge >= 0.3 is 0 Å². The van der Waals surface area contributed by atoms with E-state index in [1.54, 1.807) is 0 Å². The molecule has 3 aliphatic carbocycles. The summed E-state index contributed by atoms with van der Waals surface area (Å²) in [6, 6.07) is 0. The molecule has 0 N–H and O–H groups in total. The maximum absolute atomic E-state index is 12.2. The van der Waals surface area contributed by atoms with E-state index < -0.39 is 0 Å². The van der Waals surface area contributed by atoms with E-state index in [4.69, 9.17) is 0 Å². The molecule has 0 aromatic heterocycles. The molecule has 4 fully saturated rings. The fourth-order valence-corrected chi connectivity index (χ4v) is 4.01. The molecule has 2 heteroatoms. The van der Waals surface area contributed by atoms with Crippen molar-refractivity contribution < 1.29 is 4.79 Å². The van der Waals surface area contributed by atoms with Crippen LogP contribution in [-0.2, 0) is 4.79 Å². The maximum atomic E-state index is 12.2. The summed E-state index contributed by atoms with van der Waals surface area (Å²) in [5, 5.41) is 0. The number of carbonyl (C=O) groups is 1. The maximum Gasteiger partial charge on any atom is 0.229 e. The first-order valence-electron chi connectivity index (χ1n) is 6.54. The molecule has 1 amide bonds. The van der Waals surface area contributed by atoms with Gasteiger partial charge in [0, 0.05) is 13.1 Å². The highest BCUT2D eigenvalue weighted by atomic mass is 16.2. The topological polar surface area (TPSA) is 20.3 Å². The van der Waals surface area contributed by atoms with Crippen LogP contribution in [0, 0.1) is 16.7 Å². The molecule has 0 atom stereocenters. The van der Waals surface area contributed by atoms with Crippen molar-refractivity contribution in [3.63, 3.8) is 0 Å². The number of fused-ring (bicyclic) bond motifs is 1.